The summed E-state index contributed by atoms with van der Waals surface area (Å²) in [6.07, 6.45) is 2.57. The molecule has 1 aromatic rings. The van der Waals surface area contributed by atoms with Crippen LogP contribution < -0.4 is 0 Å². The fourth-order valence-corrected chi connectivity index (χ4v) is 3.05. The molecule has 1 heterocycles. The summed E-state index contributed by atoms with van der Waals surface area (Å²) in [6.45, 7) is 6.26. The van der Waals surface area contributed by atoms with E-state index in [1.807, 2.05) is 0 Å². The van der Waals surface area contributed by atoms with Gasteiger partial charge in [-0.15, -0.1) is 0 Å². The first-order valence-electron chi connectivity index (χ1n) is 7.21. The van der Waals surface area contributed by atoms with Gasteiger partial charge in [-0.05, 0) is 45.2 Å². The second kappa shape index (κ2) is 6.51. The summed E-state index contributed by atoms with van der Waals surface area (Å²) in [7, 11) is 0. The van der Waals surface area contributed by atoms with E-state index in [4.69, 9.17) is 0 Å². The Hall–Kier alpha value is -0.900. The fourth-order valence-electron chi connectivity index (χ4n) is 3.05. The standard InChI is InChI=1S/C16H25NO2/c1-12-8-13(2)10-14(9-12)16(19)5-7-17-6-3-4-15(17)11-18/h8-10,15-16,18-19H,3-7,11H2,1-2H3. The van der Waals surface area contributed by atoms with Crippen molar-refractivity contribution in [1.82, 2.24) is 4.90 Å². The second-order valence-corrected chi connectivity index (χ2v) is 5.74. The van der Waals surface area contributed by atoms with Gasteiger partial charge in [-0.25, -0.2) is 0 Å². The van der Waals surface area contributed by atoms with Crippen molar-refractivity contribution in [3.63, 3.8) is 0 Å². The van der Waals surface area contributed by atoms with E-state index in [9.17, 15) is 10.2 Å². The maximum absolute atomic E-state index is 10.3. The Labute approximate surface area is 115 Å². The van der Waals surface area contributed by atoms with E-state index >= 15 is 0 Å². The van der Waals surface area contributed by atoms with Gasteiger partial charge in [-0.1, -0.05) is 29.3 Å². The minimum absolute atomic E-state index is 0.236. The van der Waals surface area contributed by atoms with Crippen LogP contribution in [-0.2, 0) is 0 Å². The monoisotopic (exact) mass is 263 g/mol. The van der Waals surface area contributed by atoms with Gasteiger partial charge in [0.15, 0.2) is 0 Å². The maximum Gasteiger partial charge on any atom is 0.0802 e. The maximum atomic E-state index is 10.3. The van der Waals surface area contributed by atoms with Crippen molar-refractivity contribution in [2.75, 3.05) is 19.7 Å². The van der Waals surface area contributed by atoms with Gasteiger partial charge < -0.3 is 10.2 Å². The Morgan fingerprint density at radius 2 is 1.95 bits per heavy atom. The van der Waals surface area contributed by atoms with Crippen LogP contribution in [0.15, 0.2) is 18.2 Å². The second-order valence-electron chi connectivity index (χ2n) is 5.74. The highest BCUT2D eigenvalue weighted by Crippen LogP contribution is 2.23. The van der Waals surface area contributed by atoms with E-state index in [-0.39, 0.29) is 6.61 Å². The third-order valence-corrected chi connectivity index (χ3v) is 4.03. The number of rotatable bonds is 5. The Morgan fingerprint density at radius 3 is 2.58 bits per heavy atom. The summed E-state index contributed by atoms with van der Waals surface area (Å²) in [6, 6.07) is 6.54. The normalized spacial score (nSPS) is 21.8. The summed E-state index contributed by atoms with van der Waals surface area (Å²) >= 11 is 0. The van der Waals surface area contributed by atoms with E-state index in [2.05, 4.69) is 36.9 Å². The highest BCUT2D eigenvalue weighted by atomic mass is 16.3. The molecule has 1 fully saturated rings. The lowest BCUT2D eigenvalue weighted by molar-refractivity contribution is 0.117. The van der Waals surface area contributed by atoms with Crippen molar-refractivity contribution < 1.29 is 10.2 Å². The van der Waals surface area contributed by atoms with Crippen LogP contribution in [0.1, 0.15) is 42.1 Å². The summed E-state index contributed by atoms with van der Waals surface area (Å²) in [4.78, 5) is 2.30. The lowest BCUT2D eigenvalue weighted by Gasteiger charge is -2.24. The molecule has 2 rings (SSSR count). The molecule has 2 atom stereocenters. The average molecular weight is 263 g/mol. The van der Waals surface area contributed by atoms with Crippen molar-refractivity contribution in [1.29, 1.82) is 0 Å². The Bertz CT molecular complexity index is 399. The number of aliphatic hydroxyl groups excluding tert-OH is 2. The fraction of sp³-hybridized carbons (Fsp3) is 0.625. The van der Waals surface area contributed by atoms with Crippen molar-refractivity contribution >= 4 is 0 Å². The van der Waals surface area contributed by atoms with Crippen LogP contribution >= 0.6 is 0 Å². The number of aliphatic hydroxyl groups is 2. The number of nitrogens with zero attached hydrogens (tertiary/aromatic N) is 1. The van der Waals surface area contributed by atoms with Crippen LogP contribution in [-0.4, -0.2) is 40.9 Å². The van der Waals surface area contributed by atoms with Gasteiger partial charge in [0.2, 0.25) is 0 Å². The number of hydrogen-bond donors (Lipinski definition) is 2. The van der Waals surface area contributed by atoms with Crippen LogP contribution in [0.25, 0.3) is 0 Å². The number of benzene rings is 1. The highest BCUT2D eigenvalue weighted by Gasteiger charge is 2.24. The SMILES string of the molecule is Cc1cc(C)cc(C(O)CCN2CCCC2CO)c1. The Balaban J connectivity index is 1.91. The molecule has 2 N–H and O–H groups in total. The van der Waals surface area contributed by atoms with E-state index in [0.717, 1.165) is 37.9 Å². The van der Waals surface area contributed by atoms with E-state index in [1.165, 1.54) is 11.1 Å². The zero-order chi connectivity index (χ0) is 13.8. The molecule has 3 heteroatoms. The van der Waals surface area contributed by atoms with Crippen LogP contribution in [0.2, 0.25) is 0 Å². The third-order valence-electron chi connectivity index (χ3n) is 4.03. The third kappa shape index (κ3) is 3.78. The summed E-state index contributed by atoms with van der Waals surface area (Å²) in [5.41, 5.74) is 3.41. The molecule has 19 heavy (non-hydrogen) atoms. The van der Waals surface area contributed by atoms with Crippen LogP contribution in [0.5, 0.6) is 0 Å². The Morgan fingerprint density at radius 1 is 1.26 bits per heavy atom. The molecule has 0 spiro atoms. The Kier molecular flexibility index (Phi) is 4.97. The molecule has 1 aliphatic rings. The molecule has 106 valence electrons. The molecule has 0 bridgehead atoms. The van der Waals surface area contributed by atoms with Gasteiger partial charge >= 0.3 is 0 Å². The summed E-state index contributed by atoms with van der Waals surface area (Å²) in [5.74, 6) is 0. The van der Waals surface area contributed by atoms with Crippen molar-refractivity contribution in [3.05, 3.63) is 34.9 Å². The molecule has 2 unspecified atom stereocenters. The molecule has 0 aromatic heterocycles. The zero-order valence-corrected chi connectivity index (χ0v) is 12.0. The summed E-state index contributed by atoms with van der Waals surface area (Å²) in [5, 5.41) is 19.6. The predicted octanol–water partition coefficient (Wildman–Crippen LogP) is 2.18. The van der Waals surface area contributed by atoms with Gasteiger partial charge in [0.25, 0.3) is 0 Å². The molecule has 0 aliphatic carbocycles. The number of hydrogen-bond acceptors (Lipinski definition) is 3. The minimum atomic E-state index is -0.404. The van der Waals surface area contributed by atoms with Gasteiger partial charge in [0.1, 0.15) is 0 Å². The van der Waals surface area contributed by atoms with Gasteiger partial charge in [-0.2, -0.15) is 0 Å². The molecule has 0 radical (unpaired) electrons. The van der Waals surface area contributed by atoms with Crippen LogP contribution in [0.4, 0.5) is 0 Å². The predicted molar refractivity (Wildman–Crippen MR) is 77.2 cm³/mol. The molecular weight excluding hydrogens is 238 g/mol. The highest BCUT2D eigenvalue weighted by molar-refractivity contribution is 5.29. The van der Waals surface area contributed by atoms with Crippen molar-refractivity contribution in [2.24, 2.45) is 0 Å². The number of aryl methyl sites for hydroxylation is 2. The minimum Gasteiger partial charge on any atom is -0.395 e. The van der Waals surface area contributed by atoms with Crippen LogP contribution in [0.3, 0.4) is 0 Å². The smallest absolute Gasteiger partial charge is 0.0802 e. The van der Waals surface area contributed by atoms with Gasteiger partial charge in [-0.3, -0.25) is 4.90 Å². The topological polar surface area (TPSA) is 43.7 Å². The van der Waals surface area contributed by atoms with Crippen molar-refractivity contribution in [2.45, 2.75) is 45.3 Å². The molecule has 0 saturated carbocycles. The molecular formula is C16H25NO2. The first-order valence-corrected chi connectivity index (χ1v) is 7.21. The molecule has 1 aromatic carbocycles. The molecule has 1 saturated heterocycles. The van der Waals surface area contributed by atoms with E-state index < -0.39 is 6.10 Å². The lowest BCUT2D eigenvalue weighted by atomic mass is 10.0. The largest absolute Gasteiger partial charge is 0.395 e. The van der Waals surface area contributed by atoms with E-state index in [0.29, 0.717) is 6.04 Å². The molecule has 0 amide bonds. The quantitative estimate of drug-likeness (QED) is 0.856. The first-order chi connectivity index (χ1) is 9.10. The summed E-state index contributed by atoms with van der Waals surface area (Å²) < 4.78 is 0. The van der Waals surface area contributed by atoms with E-state index in [1.54, 1.807) is 0 Å². The first kappa shape index (κ1) is 14.5. The molecule has 3 nitrogen and oxygen atoms in total. The van der Waals surface area contributed by atoms with Gasteiger partial charge in [0, 0.05) is 12.6 Å². The van der Waals surface area contributed by atoms with Gasteiger partial charge in [0.05, 0.1) is 12.7 Å². The lowest BCUT2D eigenvalue weighted by Crippen LogP contribution is -2.33. The number of likely N-dealkylation sites (tertiary alicyclic amines) is 1. The zero-order valence-electron chi connectivity index (χ0n) is 12.0. The van der Waals surface area contributed by atoms with Crippen LogP contribution in [0, 0.1) is 13.8 Å². The molecule has 1 aliphatic heterocycles. The average Bonchev–Trinajstić information content (AvgIpc) is 2.82. The van der Waals surface area contributed by atoms with Crippen molar-refractivity contribution in [3.8, 4) is 0 Å².